The normalized spacial score (nSPS) is 23.3. The van der Waals surface area contributed by atoms with Crippen LogP contribution in [0.4, 0.5) is 18.0 Å². The zero-order chi connectivity index (χ0) is 27.8. The van der Waals surface area contributed by atoms with Gasteiger partial charge in [0.05, 0.1) is 22.5 Å². The minimum Gasteiger partial charge on any atom is -0.449 e. The Bertz CT molecular complexity index is 1070. The number of carbonyl (C=O) groups is 3. The van der Waals surface area contributed by atoms with Crippen LogP contribution in [-0.2, 0) is 14.3 Å². The summed E-state index contributed by atoms with van der Waals surface area (Å²) in [7, 11) is 1.46. The maximum absolute atomic E-state index is 13.5. The SMILES string of the molecule is CN(C(=O)OCCC(F)(F)F)C1CN(C(=O)C2CCN(C(=O)C3(C)CC3)CC2)C[C@@H]1c1ccc(Cl)c(Cl)c1. The van der Waals surface area contributed by atoms with Crippen molar-refractivity contribution in [2.24, 2.45) is 11.3 Å². The van der Waals surface area contributed by atoms with Crippen molar-refractivity contribution in [1.29, 1.82) is 0 Å². The third kappa shape index (κ3) is 6.50. The average Bonchev–Trinajstić information content (AvgIpc) is 3.47. The van der Waals surface area contributed by atoms with Gasteiger partial charge in [-0.1, -0.05) is 36.2 Å². The van der Waals surface area contributed by atoms with Crippen molar-refractivity contribution in [1.82, 2.24) is 14.7 Å². The van der Waals surface area contributed by atoms with E-state index < -0.39 is 31.3 Å². The van der Waals surface area contributed by atoms with Gasteiger partial charge in [-0.25, -0.2) is 4.79 Å². The second-order valence-electron chi connectivity index (χ2n) is 10.8. The van der Waals surface area contributed by atoms with E-state index in [0.29, 0.717) is 42.5 Å². The molecule has 7 nitrogen and oxygen atoms in total. The minimum absolute atomic E-state index is 0.0545. The molecule has 0 spiro atoms. The first kappa shape index (κ1) is 28.8. The highest BCUT2D eigenvalue weighted by atomic mass is 35.5. The topological polar surface area (TPSA) is 70.2 Å². The molecule has 0 aromatic heterocycles. The van der Waals surface area contributed by atoms with E-state index in [-0.39, 0.29) is 35.6 Å². The molecule has 0 radical (unpaired) electrons. The lowest BCUT2D eigenvalue weighted by atomic mass is 9.93. The third-order valence-electron chi connectivity index (χ3n) is 8.02. The van der Waals surface area contributed by atoms with Gasteiger partial charge in [0.1, 0.15) is 6.61 Å². The molecule has 1 unspecified atom stereocenters. The van der Waals surface area contributed by atoms with Crippen molar-refractivity contribution in [3.8, 4) is 0 Å². The molecule has 3 aliphatic rings. The van der Waals surface area contributed by atoms with Crippen LogP contribution in [0.15, 0.2) is 18.2 Å². The second kappa shape index (κ2) is 11.1. The van der Waals surface area contributed by atoms with Crippen LogP contribution in [0.3, 0.4) is 0 Å². The van der Waals surface area contributed by atoms with Gasteiger partial charge in [-0.05, 0) is 43.4 Å². The quantitative estimate of drug-likeness (QED) is 0.457. The summed E-state index contributed by atoms with van der Waals surface area (Å²) in [6, 6.07) is 4.55. The molecule has 1 saturated carbocycles. The smallest absolute Gasteiger partial charge is 0.409 e. The van der Waals surface area contributed by atoms with Crippen molar-refractivity contribution in [2.45, 2.75) is 57.2 Å². The number of rotatable bonds is 6. The Balaban J connectivity index is 1.44. The van der Waals surface area contributed by atoms with E-state index in [9.17, 15) is 27.6 Å². The van der Waals surface area contributed by atoms with E-state index in [1.54, 1.807) is 23.1 Å². The van der Waals surface area contributed by atoms with Gasteiger partial charge in [-0.2, -0.15) is 13.2 Å². The fraction of sp³-hybridized carbons (Fsp3) is 0.654. The molecule has 0 bridgehead atoms. The molecule has 12 heteroatoms. The molecule has 2 saturated heterocycles. The van der Waals surface area contributed by atoms with Crippen molar-refractivity contribution in [2.75, 3.05) is 39.8 Å². The molecule has 3 amide bonds. The van der Waals surface area contributed by atoms with Crippen molar-refractivity contribution < 1.29 is 32.3 Å². The van der Waals surface area contributed by atoms with Gasteiger partial charge < -0.3 is 19.4 Å². The monoisotopic (exact) mass is 577 g/mol. The highest BCUT2D eigenvalue weighted by molar-refractivity contribution is 6.42. The first-order valence-corrected chi connectivity index (χ1v) is 13.5. The van der Waals surface area contributed by atoms with Crippen LogP contribution >= 0.6 is 23.2 Å². The second-order valence-corrected chi connectivity index (χ2v) is 11.6. The number of alkyl halides is 3. The zero-order valence-corrected chi connectivity index (χ0v) is 22.9. The number of benzene rings is 1. The van der Waals surface area contributed by atoms with Gasteiger partial charge in [0.15, 0.2) is 0 Å². The largest absolute Gasteiger partial charge is 0.449 e. The molecule has 4 rings (SSSR count). The van der Waals surface area contributed by atoms with E-state index in [1.165, 1.54) is 11.9 Å². The number of hydrogen-bond acceptors (Lipinski definition) is 4. The lowest BCUT2D eigenvalue weighted by Crippen LogP contribution is -2.46. The summed E-state index contributed by atoms with van der Waals surface area (Å²) in [5, 5.41) is 0.684. The first-order valence-electron chi connectivity index (χ1n) is 12.8. The van der Waals surface area contributed by atoms with Crippen LogP contribution in [0.1, 0.15) is 50.5 Å². The summed E-state index contributed by atoms with van der Waals surface area (Å²) in [5.41, 5.74) is 0.513. The molecule has 1 aromatic rings. The molecule has 2 heterocycles. The summed E-state index contributed by atoms with van der Waals surface area (Å²) >= 11 is 12.3. The molecular formula is C26H32Cl2F3N3O4. The predicted octanol–water partition coefficient (Wildman–Crippen LogP) is 5.35. The maximum Gasteiger partial charge on any atom is 0.409 e. The van der Waals surface area contributed by atoms with Gasteiger partial charge in [0.25, 0.3) is 0 Å². The standard InChI is InChI=1S/C26H32Cl2F3N3O4/c1-25(7-8-25)23(36)33-10-5-16(6-11-33)22(35)34-14-18(17-3-4-19(27)20(28)13-17)21(15-34)32(2)24(37)38-12-9-26(29,30)31/h3-4,13,16,18,21H,5-12,14-15H2,1-2H3/t18-,21?/m1/s1. The molecule has 38 heavy (non-hydrogen) atoms. The van der Waals surface area contributed by atoms with E-state index in [1.807, 2.05) is 11.8 Å². The Morgan fingerprint density at radius 2 is 1.74 bits per heavy atom. The molecule has 1 aliphatic carbocycles. The molecule has 3 fully saturated rings. The molecule has 0 N–H and O–H groups in total. The predicted molar refractivity (Wildman–Crippen MR) is 136 cm³/mol. The number of amides is 3. The number of piperidine rings is 1. The summed E-state index contributed by atoms with van der Waals surface area (Å²) < 4.78 is 42.4. The average molecular weight is 578 g/mol. The Morgan fingerprint density at radius 3 is 2.32 bits per heavy atom. The van der Waals surface area contributed by atoms with E-state index in [2.05, 4.69) is 0 Å². The summed E-state index contributed by atoms with van der Waals surface area (Å²) in [6.07, 6.45) is -3.63. The summed E-state index contributed by atoms with van der Waals surface area (Å²) in [4.78, 5) is 43.6. The Morgan fingerprint density at radius 1 is 1.08 bits per heavy atom. The minimum atomic E-state index is -4.44. The van der Waals surface area contributed by atoms with Crippen molar-refractivity contribution in [3.05, 3.63) is 33.8 Å². The highest BCUT2D eigenvalue weighted by Crippen LogP contribution is 2.47. The number of nitrogens with zero attached hydrogens (tertiary/aromatic N) is 3. The molecule has 210 valence electrons. The van der Waals surface area contributed by atoms with Crippen LogP contribution in [0, 0.1) is 11.3 Å². The van der Waals surface area contributed by atoms with Gasteiger partial charge in [0, 0.05) is 50.5 Å². The Labute approximate surface area is 230 Å². The summed E-state index contributed by atoms with van der Waals surface area (Å²) in [6.45, 7) is 2.76. The maximum atomic E-state index is 13.5. The van der Waals surface area contributed by atoms with Crippen LogP contribution in [0.5, 0.6) is 0 Å². The van der Waals surface area contributed by atoms with Crippen LogP contribution in [-0.4, -0.2) is 84.7 Å². The first-order chi connectivity index (χ1) is 17.8. The fourth-order valence-corrected chi connectivity index (χ4v) is 5.60. The van der Waals surface area contributed by atoms with Crippen LogP contribution in [0.25, 0.3) is 0 Å². The third-order valence-corrected chi connectivity index (χ3v) is 8.76. The van der Waals surface area contributed by atoms with E-state index in [4.69, 9.17) is 27.9 Å². The lowest BCUT2D eigenvalue weighted by Gasteiger charge is -2.34. The van der Waals surface area contributed by atoms with Crippen molar-refractivity contribution >= 4 is 41.1 Å². The highest BCUT2D eigenvalue weighted by Gasteiger charge is 2.48. The van der Waals surface area contributed by atoms with Crippen LogP contribution < -0.4 is 0 Å². The zero-order valence-electron chi connectivity index (χ0n) is 21.4. The molecule has 1 aromatic carbocycles. The van der Waals surface area contributed by atoms with Crippen LogP contribution in [0.2, 0.25) is 10.0 Å². The number of likely N-dealkylation sites (N-methyl/N-ethyl adjacent to an activating group) is 1. The summed E-state index contributed by atoms with van der Waals surface area (Å²) in [5.74, 6) is -0.482. The van der Waals surface area contributed by atoms with E-state index >= 15 is 0 Å². The number of hydrogen-bond donors (Lipinski definition) is 0. The fourth-order valence-electron chi connectivity index (χ4n) is 5.29. The Kier molecular flexibility index (Phi) is 8.43. The number of likely N-dealkylation sites (tertiary alicyclic amines) is 2. The van der Waals surface area contributed by atoms with Crippen molar-refractivity contribution in [3.63, 3.8) is 0 Å². The van der Waals surface area contributed by atoms with Gasteiger partial charge in [0.2, 0.25) is 11.8 Å². The number of ether oxygens (including phenoxy) is 1. The number of halogens is 5. The lowest BCUT2D eigenvalue weighted by molar-refractivity contribution is -0.142. The number of carbonyl (C=O) groups excluding carboxylic acids is 3. The molecule has 2 atom stereocenters. The van der Waals surface area contributed by atoms with Gasteiger partial charge in [-0.3, -0.25) is 9.59 Å². The van der Waals surface area contributed by atoms with Gasteiger partial charge >= 0.3 is 12.3 Å². The van der Waals surface area contributed by atoms with E-state index in [0.717, 1.165) is 18.4 Å². The van der Waals surface area contributed by atoms with Gasteiger partial charge in [-0.15, -0.1) is 0 Å². The molecule has 2 aliphatic heterocycles. The Hall–Kier alpha value is -2.20. The molecular weight excluding hydrogens is 546 g/mol.